The Kier molecular flexibility index (Phi) is 4.14. The molecule has 0 saturated heterocycles. The SMILES string of the molecule is CC(C)C(C)C(=O)N(CCC#N)C1CC1. The van der Waals surface area contributed by atoms with Crippen LogP contribution in [-0.4, -0.2) is 23.4 Å². The molecular formula is C12H20N2O. The van der Waals surface area contributed by atoms with Gasteiger partial charge in [0.15, 0.2) is 0 Å². The first-order valence-corrected chi connectivity index (χ1v) is 5.75. The molecular weight excluding hydrogens is 188 g/mol. The third kappa shape index (κ3) is 3.23. The molecule has 1 atom stereocenters. The fourth-order valence-electron chi connectivity index (χ4n) is 1.58. The molecule has 3 nitrogen and oxygen atoms in total. The maximum atomic E-state index is 12.1. The third-order valence-corrected chi connectivity index (χ3v) is 3.12. The van der Waals surface area contributed by atoms with Crippen LogP contribution in [0.15, 0.2) is 0 Å². The molecule has 0 radical (unpaired) electrons. The Morgan fingerprint density at radius 2 is 2.07 bits per heavy atom. The van der Waals surface area contributed by atoms with Gasteiger partial charge < -0.3 is 4.90 Å². The molecule has 0 aliphatic heterocycles. The van der Waals surface area contributed by atoms with Gasteiger partial charge in [-0.3, -0.25) is 4.79 Å². The summed E-state index contributed by atoms with van der Waals surface area (Å²) in [5.41, 5.74) is 0. The first-order valence-electron chi connectivity index (χ1n) is 5.75. The minimum absolute atomic E-state index is 0.0734. The second-order valence-corrected chi connectivity index (χ2v) is 4.70. The maximum absolute atomic E-state index is 12.1. The number of rotatable bonds is 5. The van der Waals surface area contributed by atoms with E-state index in [2.05, 4.69) is 19.9 Å². The van der Waals surface area contributed by atoms with Gasteiger partial charge in [0, 0.05) is 18.5 Å². The summed E-state index contributed by atoms with van der Waals surface area (Å²) >= 11 is 0. The van der Waals surface area contributed by atoms with E-state index in [-0.39, 0.29) is 11.8 Å². The number of nitrogens with zero attached hydrogens (tertiary/aromatic N) is 2. The number of nitriles is 1. The number of hydrogen-bond acceptors (Lipinski definition) is 2. The Balaban J connectivity index is 2.55. The highest BCUT2D eigenvalue weighted by Crippen LogP contribution is 2.29. The lowest BCUT2D eigenvalue weighted by Crippen LogP contribution is -2.39. The molecule has 1 fully saturated rings. The van der Waals surface area contributed by atoms with Gasteiger partial charge in [-0.1, -0.05) is 20.8 Å². The zero-order valence-corrected chi connectivity index (χ0v) is 9.86. The van der Waals surface area contributed by atoms with E-state index in [1.54, 1.807) is 0 Å². The first-order chi connectivity index (χ1) is 7.07. The highest BCUT2D eigenvalue weighted by atomic mass is 16.2. The predicted octanol–water partition coefficient (Wildman–Crippen LogP) is 2.18. The molecule has 1 saturated carbocycles. The summed E-state index contributed by atoms with van der Waals surface area (Å²) < 4.78 is 0. The molecule has 0 aromatic rings. The van der Waals surface area contributed by atoms with Gasteiger partial charge in [-0.05, 0) is 18.8 Å². The molecule has 0 N–H and O–H groups in total. The van der Waals surface area contributed by atoms with Crippen molar-refractivity contribution < 1.29 is 4.79 Å². The van der Waals surface area contributed by atoms with E-state index in [1.165, 1.54) is 0 Å². The topological polar surface area (TPSA) is 44.1 Å². The van der Waals surface area contributed by atoms with Crippen LogP contribution in [0.4, 0.5) is 0 Å². The van der Waals surface area contributed by atoms with Crippen molar-refractivity contribution in [1.29, 1.82) is 5.26 Å². The van der Waals surface area contributed by atoms with Gasteiger partial charge in [-0.25, -0.2) is 0 Å². The molecule has 1 aliphatic carbocycles. The number of hydrogen-bond donors (Lipinski definition) is 0. The Morgan fingerprint density at radius 3 is 2.47 bits per heavy atom. The standard InChI is InChI=1S/C12H20N2O/c1-9(2)10(3)12(15)14(8-4-7-13)11-5-6-11/h9-11H,4-6,8H2,1-3H3. The van der Waals surface area contributed by atoms with Crippen LogP contribution in [0.25, 0.3) is 0 Å². The Morgan fingerprint density at radius 1 is 1.47 bits per heavy atom. The van der Waals surface area contributed by atoms with Gasteiger partial charge >= 0.3 is 0 Å². The molecule has 0 aromatic carbocycles. The summed E-state index contributed by atoms with van der Waals surface area (Å²) in [5, 5.41) is 8.56. The van der Waals surface area contributed by atoms with Crippen molar-refractivity contribution in [1.82, 2.24) is 4.90 Å². The minimum atomic E-state index is 0.0734. The second-order valence-electron chi connectivity index (χ2n) is 4.70. The largest absolute Gasteiger partial charge is 0.338 e. The van der Waals surface area contributed by atoms with Gasteiger partial charge in [0.1, 0.15) is 0 Å². The molecule has 84 valence electrons. The van der Waals surface area contributed by atoms with Crippen LogP contribution in [0.2, 0.25) is 0 Å². The van der Waals surface area contributed by atoms with Crippen molar-refractivity contribution in [3.8, 4) is 6.07 Å². The number of carbonyl (C=O) groups is 1. The van der Waals surface area contributed by atoms with Crippen LogP contribution < -0.4 is 0 Å². The van der Waals surface area contributed by atoms with E-state index in [4.69, 9.17) is 5.26 Å². The summed E-state index contributed by atoms with van der Waals surface area (Å²) in [5.74, 6) is 0.674. The minimum Gasteiger partial charge on any atom is -0.338 e. The predicted molar refractivity (Wildman–Crippen MR) is 59.0 cm³/mol. The Hall–Kier alpha value is -1.04. The fourth-order valence-corrected chi connectivity index (χ4v) is 1.58. The van der Waals surface area contributed by atoms with E-state index in [0.717, 1.165) is 12.8 Å². The van der Waals surface area contributed by atoms with E-state index in [0.29, 0.717) is 24.9 Å². The summed E-state index contributed by atoms with van der Waals surface area (Å²) in [6.07, 6.45) is 2.68. The highest BCUT2D eigenvalue weighted by Gasteiger charge is 2.34. The lowest BCUT2D eigenvalue weighted by Gasteiger charge is -2.26. The van der Waals surface area contributed by atoms with Crippen molar-refractivity contribution in [3.63, 3.8) is 0 Å². The van der Waals surface area contributed by atoms with Crippen molar-refractivity contribution in [2.45, 2.75) is 46.1 Å². The molecule has 1 unspecified atom stereocenters. The molecule has 15 heavy (non-hydrogen) atoms. The van der Waals surface area contributed by atoms with Crippen molar-refractivity contribution in [3.05, 3.63) is 0 Å². The molecule has 1 aliphatic rings. The van der Waals surface area contributed by atoms with E-state index in [9.17, 15) is 4.79 Å². The summed E-state index contributed by atoms with van der Waals surface area (Å²) in [6, 6.07) is 2.53. The summed E-state index contributed by atoms with van der Waals surface area (Å²) in [4.78, 5) is 14.0. The van der Waals surface area contributed by atoms with Crippen LogP contribution in [0, 0.1) is 23.2 Å². The van der Waals surface area contributed by atoms with Crippen molar-refractivity contribution in [2.75, 3.05) is 6.54 Å². The Bertz CT molecular complexity index is 263. The average molecular weight is 208 g/mol. The lowest BCUT2D eigenvalue weighted by molar-refractivity contribution is -0.136. The number of carbonyl (C=O) groups excluding carboxylic acids is 1. The van der Waals surface area contributed by atoms with Gasteiger partial charge in [0.05, 0.1) is 12.5 Å². The maximum Gasteiger partial charge on any atom is 0.225 e. The van der Waals surface area contributed by atoms with Crippen molar-refractivity contribution >= 4 is 5.91 Å². The highest BCUT2D eigenvalue weighted by molar-refractivity contribution is 5.79. The van der Waals surface area contributed by atoms with Gasteiger partial charge in [0.2, 0.25) is 5.91 Å². The van der Waals surface area contributed by atoms with Crippen LogP contribution in [0.3, 0.4) is 0 Å². The van der Waals surface area contributed by atoms with E-state index < -0.39 is 0 Å². The zero-order chi connectivity index (χ0) is 11.4. The average Bonchev–Trinajstić information content (AvgIpc) is 3.00. The lowest BCUT2D eigenvalue weighted by atomic mass is 9.96. The monoisotopic (exact) mass is 208 g/mol. The van der Waals surface area contributed by atoms with Crippen LogP contribution in [-0.2, 0) is 4.79 Å². The molecule has 0 bridgehead atoms. The van der Waals surface area contributed by atoms with Crippen LogP contribution >= 0.6 is 0 Å². The van der Waals surface area contributed by atoms with E-state index >= 15 is 0 Å². The number of amides is 1. The molecule has 3 heteroatoms. The van der Waals surface area contributed by atoms with Gasteiger partial charge in [-0.15, -0.1) is 0 Å². The zero-order valence-electron chi connectivity index (χ0n) is 9.86. The third-order valence-electron chi connectivity index (χ3n) is 3.12. The van der Waals surface area contributed by atoms with Gasteiger partial charge in [0.25, 0.3) is 0 Å². The normalized spacial score (nSPS) is 17.3. The molecule has 0 heterocycles. The Labute approximate surface area is 92.1 Å². The smallest absolute Gasteiger partial charge is 0.225 e. The van der Waals surface area contributed by atoms with E-state index in [1.807, 2.05) is 11.8 Å². The molecule has 0 aromatic heterocycles. The van der Waals surface area contributed by atoms with Crippen LogP contribution in [0.5, 0.6) is 0 Å². The summed E-state index contributed by atoms with van der Waals surface area (Å²) in [7, 11) is 0. The van der Waals surface area contributed by atoms with Crippen molar-refractivity contribution in [2.24, 2.45) is 11.8 Å². The molecule has 1 rings (SSSR count). The van der Waals surface area contributed by atoms with Gasteiger partial charge in [-0.2, -0.15) is 5.26 Å². The molecule has 1 amide bonds. The second kappa shape index (κ2) is 5.16. The molecule has 0 spiro atoms. The first kappa shape index (κ1) is 12.0. The quantitative estimate of drug-likeness (QED) is 0.695. The van der Waals surface area contributed by atoms with Crippen LogP contribution in [0.1, 0.15) is 40.0 Å². The fraction of sp³-hybridized carbons (Fsp3) is 0.833. The summed E-state index contributed by atoms with van der Waals surface area (Å²) in [6.45, 7) is 6.72.